The Morgan fingerprint density at radius 2 is 2.40 bits per heavy atom. The van der Waals surface area contributed by atoms with Crippen molar-refractivity contribution >= 4 is 11.7 Å². The minimum Gasteiger partial charge on any atom is -0.476 e. The van der Waals surface area contributed by atoms with E-state index in [2.05, 4.69) is 4.98 Å². The second-order valence-corrected chi connectivity index (χ2v) is 3.56. The van der Waals surface area contributed by atoms with E-state index in [1.807, 2.05) is 4.90 Å². The Morgan fingerprint density at radius 3 is 3.00 bits per heavy atom. The number of β-amino-alcohol motifs (C(OH)–C–C–N with tert-alkyl or cyclic N) is 1. The Labute approximate surface area is 87.0 Å². The number of aromatic carboxylic acids is 1. The number of rotatable bonds is 2. The summed E-state index contributed by atoms with van der Waals surface area (Å²) in [5.74, 6) is -1.04. The van der Waals surface area contributed by atoms with E-state index in [-0.39, 0.29) is 11.8 Å². The Kier molecular flexibility index (Phi) is 2.55. The average Bonchev–Trinajstić information content (AvgIpc) is 2.65. The molecule has 2 heterocycles. The number of carboxylic acids is 1. The van der Waals surface area contributed by atoms with Crippen LogP contribution in [0.5, 0.6) is 0 Å². The summed E-state index contributed by atoms with van der Waals surface area (Å²) in [5.41, 5.74) is 0.633. The number of hydrogen-bond acceptors (Lipinski definition) is 4. The fourth-order valence-corrected chi connectivity index (χ4v) is 1.78. The molecule has 5 nitrogen and oxygen atoms in total. The number of anilines is 1. The maximum absolute atomic E-state index is 10.9. The molecule has 1 saturated heterocycles. The largest absolute Gasteiger partial charge is 0.476 e. The van der Waals surface area contributed by atoms with Crippen molar-refractivity contribution < 1.29 is 15.0 Å². The standard InChI is InChI=1S/C10H12N2O3/c13-7-3-5-12(6-7)8-2-1-4-11-9(8)10(14)15/h1-2,4,7,13H,3,5-6H2,(H,14,15). The number of aromatic nitrogens is 1. The molecule has 15 heavy (non-hydrogen) atoms. The second-order valence-electron chi connectivity index (χ2n) is 3.56. The van der Waals surface area contributed by atoms with Gasteiger partial charge in [0.15, 0.2) is 5.69 Å². The van der Waals surface area contributed by atoms with E-state index < -0.39 is 5.97 Å². The Bertz CT molecular complexity index is 381. The summed E-state index contributed by atoms with van der Waals surface area (Å²) in [7, 11) is 0. The molecule has 1 unspecified atom stereocenters. The third-order valence-electron chi connectivity index (χ3n) is 2.49. The molecule has 0 aliphatic carbocycles. The van der Waals surface area contributed by atoms with Crippen LogP contribution >= 0.6 is 0 Å². The highest BCUT2D eigenvalue weighted by atomic mass is 16.4. The number of hydrogen-bond donors (Lipinski definition) is 2. The number of carboxylic acid groups (broad SMARTS) is 1. The van der Waals surface area contributed by atoms with Crippen molar-refractivity contribution in [1.82, 2.24) is 4.98 Å². The molecule has 1 aliphatic rings. The van der Waals surface area contributed by atoms with E-state index in [1.165, 1.54) is 6.20 Å². The molecular weight excluding hydrogens is 196 g/mol. The third kappa shape index (κ3) is 1.92. The molecule has 1 fully saturated rings. The Morgan fingerprint density at radius 1 is 1.60 bits per heavy atom. The molecule has 5 heteroatoms. The van der Waals surface area contributed by atoms with Crippen molar-refractivity contribution in [2.24, 2.45) is 0 Å². The maximum Gasteiger partial charge on any atom is 0.356 e. The molecule has 1 aromatic heterocycles. The van der Waals surface area contributed by atoms with Gasteiger partial charge in [-0.05, 0) is 18.6 Å². The van der Waals surface area contributed by atoms with E-state index in [9.17, 15) is 9.90 Å². The first-order valence-corrected chi connectivity index (χ1v) is 4.80. The molecular formula is C10H12N2O3. The Hall–Kier alpha value is -1.62. The number of aliphatic hydroxyl groups excluding tert-OH is 1. The normalized spacial score (nSPS) is 20.6. The van der Waals surface area contributed by atoms with Gasteiger partial charge in [0.25, 0.3) is 0 Å². The molecule has 1 aromatic rings. The molecule has 80 valence electrons. The van der Waals surface area contributed by atoms with Crippen LogP contribution in [0.15, 0.2) is 18.3 Å². The Balaban J connectivity index is 2.31. The van der Waals surface area contributed by atoms with E-state index >= 15 is 0 Å². The van der Waals surface area contributed by atoms with Gasteiger partial charge in [-0.2, -0.15) is 0 Å². The van der Waals surface area contributed by atoms with Gasteiger partial charge in [-0.25, -0.2) is 9.78 Å². The summed E-state index contributed by atoms with van der Waals surface area (Å²) in [6, 6.07) is 3.42. The van der Waals surface area contributed by atoms with Crippen molar-refractivity contribution in [3.05, 3.63) is 24.0 Å². The molecule has 2 N–H and O–H groups in total. The smallest absolute Gasteiger partial charge is 0.356 e. The molecule has 0 spiro atoms. The van der Waals surface area contributed by atoms with Gasteiger partial charge in [0.05, 0.1) is 11.8 Å². The van der Waals surface area contributed by atoms with E-state index in [0.29, 0.717) is 25.2 Å². The van der Waals surface area contributed by atoms with Crippen molar-refractivity contribution in [1.29, 1.82) is 0 Å². The first-order chi connectivity index (χ1) is 7.18. The minimum absolute atomic E-state index is 0.0478. The van der Waals surface area contributed by atoms with Crippen molar-refractivity contribution in [2.75, 3.05) is 18.0 Å². The molecule has 0 amide bonds. The molecule has 1 aliphatic heterocycles. The lowest BCUT2D eigenvalue weighted by Gasteiger charge is -2.18. The van der Waals surface area contributed by atoms with Gasteiger partial charge in [-0.1, -0.05) is 0 Å². The molecule has 0 saturated carbocycles. The summed E-state index contributed by atoms with van der Waals surface area (Å²) < 4.78 is 0. The fraction of sp³-hybridized carbons (Fsp3) is 0.400. The minimum atomic E-state index is -1.04. The number of pyridine rings is 1. The molecule has 0 radical (unpaired) electrons. The van der Waals surface area contributed by atoms with E-state index in [4.69, 9.17) is 5.11 Å². The SMILES string of the molecule is O=C(O)c1ncccc1N1CCC(O)C1. The quantitative estimate of drug-likeness (QED) is 0.733. The van der Waals surface area contributed by atoms with Crippen LogP contribution in [0.25, 0.3) is 0 Å². The molecule has 2 rings (SSSR count). The predicted octanol–water partition coefficient (Wildman–Crippen LogP) is 0.351. The van der Waals surface area contributed by atoms with Crippen LogP contribution in [0.3, 0.4) is 0 Å². The van der Waals surface area contributed by atoms with Crippen molar-refractivity contribution in [2.45, 2.75) is 12.5 Å². The zero-order valence-electron chi connectivity index (χ0n) is 8.13. The summed E-state index contributed by atoms with van der Waals surface area (Å²) in [5, 5.41) is 18.3. The highest BCUT2D eigenvalue weighted by molar-refractivity contribution is 5.92. The molecule has 1 atom stereocenters. The van der Waals surface area contributed by atoms with Crippen molar-refractivity contribution in [3.63, 3.8) is 0 Å². The highest BCUT2D eigenvalue weighted by Gasteiger charge is 2.24. The topological polar surface area (TPSA) is 73.7 Å². The van der Waals surface area contributed by atoms with Gasteiger partial charge in [0.2, 0.25) is 0 Å². The van der Waals surface area contributed by atoms with Crippen LogP contribution in [0.1, 0.15) is 16.9 Å². The van der Waals surface area contributed by atoms with Crippen molar-refractivity contribution in [3.8, 4) is 0 Å². The van der Waals surface area contributed by atoms with E-state index in [0.717, 1.165) is 0 Å². The zero-order chi connectivity index (χ0) is 10.8. The number of nitrogens with zero attached hydrogens (tertiary/aromatic N) is 2. The van der Waals surface area contributed by atoms with Gasteiger partial charge >= 0.3 is 5.97 Å². The van der Waals surface area contributed by atoms with Gasteiger partial charge in [-0.3, -0.25) is 0 Å². The predicted molar refractivity (Wildman–Crippen MR) is 54.0 cm³/mol. The highest BCUT2D eigenvalue weighted by Crippen LogP contribution is 2.22. The third-order valence-corrected chi connectivity index (χ3v) is 2.49. The monoisotopic (exact) mass is 208 g/mol. The van der Waals surface area contributed by atoms with Crippen LogP contribution in [0, 0.1) is 0 Å². The van der Waals surface area contributed by atoms with Crippen LogP contribution in [-0.2, 0) is 0 Å². The summed E-state index contributed by atoms with van der Waals surface area (Å²) >= 11 is 0. The van der Waals surface area contributed by atoms with Gasteiger partial charge in [-0.15, -0.1) is 0 Å². The lowest BCUT2D eigenvalue weighted by atomic mass is 10.2. The van der Waals surface area contributed by atoms with Crippen LogP contribution in [0.2, 0.25) is 0 Å². The fourth-order valence-electron chi connectivity index (χ4n) is 1.78. The van der Waals surface area contributed by atoms with Crippen LogP contribution < -0.4 is 4.90 Å². The number of aliphatic hydroxyl groups is 1. The molecule has 0 bridgehead atoms. The molecule has 0 aromatic carbocycles. The van der Waals surface area contributed by atoms with Gasteiger partial charge < -0.3 is 15.1 Å². The summed E-state index contributed by atoms with van der Waals surface area (Å²) in [6.07, 6.45) is 1.76. The van der Waals surface area contributed by atoms with Crippen LogP contribution in [0.4, 0.5) is 5.69 Å². The maximum atomic E-state index is 10.9. The first kappa shape index (κ1) is 9.92. The van der Waals surface area contributed by atoms with E-state index in [1.54, 1.807) is 12.1 Å². The number of carbonyl (C=O) groups is 1. The van der Waals surface area contributed by atoms with Gasteiger partial charge in [0.1, 0.15) is 0 Å². The second kappa shape index (κ2) is 3.86. The summed E-state index contributed by atoms with van der Waals surface area (Å²) in [4.78, 5) is 16.6. The van der Waals surface area contributed by atoms with Gasteiger partial charge in [0, 0.05) is 19.3 Å². The lowest BCUT2D eigenvalue weighted by molar-refractivity contribution is 0.0691. The average molecular weight is 208 g/mol. The van der Waals surface area contributed by atoms with Crippen LogP contribution in [-0.4, -0.2) is 40.4 Å². The summed E-state index contributed by atoms with van der Waals surface area (Å²) in [6.45, 7) is 1.15. The zero-order valence-corrected chi connectivity index (χ0v) is 8.13. The first-order valence-electron chi connectivity index (χ1n) is 4.80. The lowest BCUT2D eigenvalue weighted by Crippen LogP contribution is -2.23.